The van der Waals surface area contributed by atoms with Crippen LogP contribution in [0.5, 0.6) is 0 Å². The molecular formula is C20H23NO3S2. The van der Waals surface area contributed by atoms with Gasteiger partial charge in [0.2, 0.25) is 0 Å². The second kappa shape index (κ2) is 5.93. The zero-order chi connectivity index (χ0) is 18.7. The molecule has 4 aliphatic carbocycles. The van der Waals surface area contributed by atoms with E-state index in [9.17, 15) is 14.4 Å². The van der Waals surface area contributed by atoms with Crippen LogP contribution in [-0.2, 0) is 14.4 Å². The molecule has 0 spiro atoms. The molecule has 0 aromatic rings. The van der Waals surface area contributed by atoms with Crippen molar-refractivity contribution in [3.05, 3.63) is 23.8 Å². The van der Waals surface area contributed by atoms with Crippen molar-refractivity contribution in [2.45, 2.75) is 50.7 Å². The van der Waals surface area contributed by atoms with E-state index in [1.807, 2.05) is 13.0 Å². The Balaban J connectivity index is 1.90. The largest absolute Gasteiger partial charge is 0.299 e. The Hall–Kier alpha value is -1.14. The topological polar surface area (TPSA) is 63.6 Å². The fourth-order valence-corrected chi connectivity index (χ4v) is 7.38. The molecule has 0 bridgehead atoms. The van der Waals surface area contributed by atoms with Crippen LogP contribution in [0.25, 0.3) is 0 Å². The molecule has 0 aliphatic heterocycles. The summed E-state index contributed by atoms with van der Waals surface area (Å²) in [6.45, 7) is 4.21. The van der Waals surface area contributed by atoms with Crippen molar-refractivity contribution in [3.8, 4) is 0 Å². The summed E-state index contributed by atoms with van der Waals surface area (Å²) in [7, 11) is 0. The minimum atomic E-state index is -0.482. The van der Waals surface area contributed by atoms with Crippen LogP contribution in [0.3, 0.4) is 0 Å². The Labute approximate surface area is 163 Å². The van der Waals surface area contributed by atoms with Crippen molar-refractivity contribution in [2.75, 3.05) is 0 Å². The first-order valence-electron chi connectivity index (χ1n) is 9.11. The molecule has 0 aromatic heterocycles. The van der Waals surface area contributed by atoms with Gasteiger partial charge in [-0.05, 0) is 44.2 Å². The number of hydrogen-bond donors (Lipinski definition) is 1. The van der Waals surface area contributed by atoms with E-state index >= 15 is 0 Å². The maximum absolute atomic E-state index is 13.3. The number of rotatable bonds is 2. The van der Waals surface area contributed by atoms with Crippen molar-refractivity contribution in [3.63, 3.8) is 0 Å². The maximum atomic E-state index is 13.3. The Morgan fingerprint density at radius 3 is 2.73 bits per heavy atom. The van der Waals surface area contributed by atoms with Crippen LogP contribution in [0.2, 0.25) is 0 Å². The van der Waals surface area contributed by atoms with Gasteiger partial charge in [-0.3, -0.25) is 14.4 Å². The van der Waals surface area contributed by atoms with Gasteiger partial charge in [0.1, 0.15) is 5.78 Å². The first-order valence-corrected chi connectivity index (χ1v) is 10.4. The highest BCUT2D eigenvalue weighted by Crippen LogP contribution is 2.68. The number of hydrogen-bond acceptors (Lipinski definition) is 6. The van der Waals surface area contributed by atoms with Gasteiger partial charge >= 0.3 is 0 Å². The van der Waals surface area contributed by atoms with Crippen LogP contribution >= 0.6 is 24.6 Å². The molecule has 0 amide bonds. The van der Waals surface area contributed by atoms with E-state index in [0.29, 0.717) is 12.8 Å². The Bertz CT molecular complexity index is 801. The highest BCUT2D eigenvalue weighted by Gasteiger charge is 2.68. The normalized spacial score (nSPS) is 44.7. The number of thioether (sulfide) groups is 1. The van der Waals surface area contributed by atoms with Gasteiger partial charge in [0, 0.05) is 40.3 Å². The summed E-state index contributed by atoms with van der Waals surface area (Å²) >= 11 is 5.57. The molecule has 0 saturated heterocycles. The third kappa shape index (κ3) is 2.18. The number of fused-ring (bicyclic) bond motifs is 5. The molecule has 4 rings (SSSR count). The second-order valence-corrected chi connectivity index (χ2v) is 9.89. The van der Waals surface area contributed by atoms with Crippen LogP contribution in [0.15, 0.2) is 28.2 Å². The zero-order valence-electron chi connectivity index (χ0n) is 15.0. The van der Waals surface area contributed by atoms with Gasteiger partial charge in [0.15, 0.2) is 11.6 Å². The molecule has 0 heterocycles. The molecule has 0 N–H and O–H groups in total. The van der Waals surface area contributed by atoms with E-state index in [0.717, 1.165) is 24.8 Å². The highest BCUT2D eigenvalue weighted by molar-refractivity contribution is 8.13. The molecule has 5 unspecified atom stereocenters. The van der Waals surface area contributed by atoms with Gasteiger partial charge in [-0.15, -0.1) is 11.8 Å². The van der Waals surface area contributed by atoms with Gasteiger partial charge < -0.3 is 0 Å². The Morgan fingerprint density at radius 2 is 2.00 bits per heavy atom. The minimum absolute atomic E-state index is 0.0759. The maximum Gasteiger partial charge on any atom is 0.161 e. The number of thiol groups is 1. The summed E-state index contributed by atoms with van der Waals surface area (Å²) in [6, 6.07) is 0. The van der Waals surface area contributed by atoms with E-state index in [4.69, 9.17) is 0 Å². The molecule has 2 fully saturated rings. The van der Waals surface area contributed by atoms with Gasteiger partial charge in [0.05, 0.1) is 5.55 Å². The zero-order valence-corrected chi connectivity index (χ0v) is 16.7. The van der Waals surface area contributed by atoms with Crippen molar-refractivity contribution in [1.82, 2.24) is 0 Å². The number of Topliss-reactive ketones (excluding diaryl/α,β-unsaturated/α-hetero) is 1. The lowest BCUT2D eigenvalue weighted by Gasteiger charge is -2.62. The average Bonchev–Trinajstić information content (AvgIpc) is 2.90. The summed E-state index contributed by atoms with van der Waals surface area (Å²) in [4.78, 5) is 37.9. The quantitative estimate of drug-likeness (QED) is 0.444. The number of carbonyl (C=O) groups excluding carboxylic acids is 3. The van der Waals surface area contributed by atoms with Crippen LogP contribution in [0.4, 0.5) is 0 Å². The standard InChI is InChI=1S/C20H23NO3S2/c1-18-7-8-20(26-11-21-25)17(14(18)3-4-16(18)24)15(23)10-12-9-13(22)5-6-19(12,20)2/h3-4,9,11,14,17,25H,5-8,10H2,1-2H3/b21-11+. The molecule has 5 atom stereocenters. The summed E-state index contributed by atoms with van der Waals surface area (Å²) in [5.41, 5.74) is 1.95. The fraction of sp³-hybridized carbons (Fsp3) is 0.600. The van der Waals surface area contributed by atoms with Crippen molar-refractivity contribution in [2.24, 2.45) is 27.1 Å². The van der Waals surface area contributed by atoms with Crippen molar-refractivity contribution < 1.29 is 14.4 Å². The summed E-state index contributed by atoms with van der Waals surface area (Å²) < 4.78 is 3.50. The number of ketones is 3. The molecule has 4 nitrogen and oxygen atoms in total. The van der Waals surface area contributed by atoms with Gasteiger partial charge in [-0.2, -0.15) is 0 Å². The second-order valence-electron chi connectivity index (χ2n) is 8.48. The molecule has 2 saturated carbocycles. The van der Waals surface area contributed by atoms with E-state index in [1.54, 1.807) is 29.5 Å². The van der Waals surface area contributed by atoms with E-state index in [2.05, 4.69) is 24.1 Å². The average molecular weight is 390 g/mol. The van der Waals surface area contributed by atoms with E-state index < -0.39 is 5.41 Å². The lowest BCUT2D eigenvalue weighted by atomic mass is 9.46. The molecule has 0 radical (unpaired) electrons. The lowest BCUT2D eigenvalue weighted by Crippen LogP contribution is -2.64. The van der Waals surface area contributed by atoms with Crippen LogP contribution in [0.1, 0.15) is 46.0 Å². The third-order valence-corrected chi connectivity index (χ3v) is 9.31. The molecule has 138 valence electrons. The van der Waals surface area contributed by atoms with Crippen LogP contribution in [0, 0.1) is 22.7 Å². The summed E-state index contributed by atoms with van der Waals surface area (Å²) in [6.07, 6.45) is 8.43. The number of nitrogens with zero attached hydrogens (tertiary/aromatic N) is 1. The van der Waals surface area contributed by atoms with Crippen molar-refractivity contribution >= 4 is 47.5 Å². The SMILES string of the molecule is CC12CCC3(S/C=N/S)C(C(=O)CC4=CC(=O)CCC43C)C1C=CC2=O. The Kier molecular flexibility index (Phi) is 4.16. The predicted molar refractivity (Wildman–Crippen MR) is 106 cm³/mol. The molecule has 6 heteroatoms. The van der Waals surface area contributed by atoms with Gasteiger partial charge in [-0.25, -0.2) is 4.40 Å². The third-order valence-electron chi connectivity index (χ3n) is 7.50. The first-order chi connectivity index (χ1) is 12.3. The lowest BCUT2D eigenvalue weighted by molar-refractivity contribution is -0.139. The first kappa shape index (κ1) is 18.2. The van der Waals surface area contributed by atoms with E-state index in [-0.39, 0.29) is 39.3 Å². The van der Waals surface area contributed by atoms with Crippen molar-refractivity contribution in [1.29, 1.82) is 0 Å². The smallest absolute Gasteiger partial charge is 0.161 e. The fourth-order valence-electron chi connectivity index (χ4n) is 5.86. The molecule has 0 aromatic carbocycles. The van der Waals surface area contributed by atoms with Gasteiger partial charge in [-0.1, -0.05) is 25.5 Å². The van der Waals surface area contributed by atoms with Gasteiger partial charge in [0.25, 0.3) is 0 Å². The predicted octanol–water partition coefficient (Wildman–Crippen LogP) is 3.77. The number of allylic oxidation sites excluding steroid dienone is 4. The molecule has 4 aliphatic rings. The minimum Gasteiger partial charge on any atom is -0.299 e. The monoisotopic (exact) mass is 389 g/mol. The summed E-state index contributed by atoms with van der Waals surface area (Å²) in [5.74, 6) is 0.0906. The molecular weight excluding hydrogens is 366 g/mol. The van der Waals surface area contributed by atoms with E-state index in [1.165, 1.54) is 0 Å². The number of carbonyl (C=O) groups is 3. The van der Waals surface area contributed by atoms with Crippen LogP contribution < -0.4 is 0 Å². The highest BCUT2D eigenvalue weighted by atomic mass is 32.2. The molecule has 26 heavy (non-hydrogen) atoms. The Morgan fingerprint density at radius 1 is 1.23 bits per heavy atom. The van der Waals surface area contributed by atoms with Crippen LogP contribution in [-0.4, -0.2) is 27.6 Å². The summed E-state index contributed by atoms with van der Waals surface area (Å²) in [5, 5.41) is 0.